The minimum absolute atomic E-state index is 0.691. The van der Waals surface area contributed by atoms with Gasteiger partial charge in [0.25, 0.3) is 0 Å². The fourth-order valence-corrected chi connectivity index (χ4v) is 2.08. The van der Waals surface area contributed by atoms with E-state index in [2.05, 4.69) is 4.99 Å². The fourth-order valence-electron chi connectivity index (χ4n) is 2.08. The van der Waals surface area contributed by atoms with Gasteiger partial charge >= 0.3 is 0 Å². The highest BCUT2D eigenvalue weighted by Gasteiger charge is 2.38. The zero-order chi connectivity index (χ0) is 10.2. The van der Waals surface area contributed by atoms with E-state index in [1.807, 2.05) is 38.1 Å². The zero-order valence-electron chi connectivity index (χ0n) is 8.62. The molecule has 1 heterocycles. The van der Waals surface area contributed by atoms with Gasteiger partial charge in [-0.05, 0) is 18.9 Å². The lowest BCUT2D eigenvalue weighted by molar-refractivity contribution is 0.109. The molecule has 0 saturated heterocycles. The molecule has 2 heteroatoms. The highest BCUT2D eigenvalue weighted by molar-refractivity contribution is 6.00. The molecule has 1 aliphatic rings. The molecule has 0 fully saturated rings. The first-order valence-corrected chi connectivity index (χ1v) is 5.12. The number of aliphatic imine (C=N–C) groups is 1. The lowest BCUT2D eigenvalue weighted by Gasteiger charge is -2.23. The molecule has 2 nitrogen and oxygen atoms in total. The Morgan fingerprint density at radius 1 is 1.29 bits per heavy atom. The van der Waals surface area contributed by atoms with Gasteiger partial charge in [0.1, 0.15) is 5.60 Å². The molecule has 0 aromatic heterocycles. The van der Waals surface area contributed by atoms with Crippen molar-refractivity contribution in [2.75, 3.05) is 0 Å². The van der Waals surface area contributed by atoms with Crippen LogP contribution >= 0.6 is 0 Å². The average Bonchev–Trinajstić information content (AvgIpc) is 2.53. The molecule has 0 amide bonds. The Labute approximate surface area is 84.3 Å². The molecule has 0 spiro atoms. The van der Waals surface area contributed by atoms with Crippen LogP contribution in [0, 0.1) is 0 Å². The first kappa shape index (κ1) is 9.41. The highest BCUT2D eigenvalue weighted by atomic mass is 16.3. The predicted octanol–water partition coefficient (Wildman–Crippen LogP) is 2.78. The van der Waals surface area contributed by atoms with Crippen LogP contribution in [0.4, 0.5) is 5.69 Å². The lowest BCUT2D eigenvalue weighted by Crippen LogP contribution is -2.31. The van der Waals surface area contributed by atoms with Gasteiger partial charge in [0.2, 0.25) is 0 Å². The van der Waals surface area contributed by atoms with E-state index < -0.39 is 5.60 Å². The SMILES string of the molecule is CCC1=Nc2ccccc2C1(O)CC. The molecule has 0 radical (unpaired) electrons. The molecule has 14 heavy (non-hydrogen) atoms. The quantitative estimate of drug-likeness (QED) is 0.762. The second-order valence-electron chi connectivity index (χ2n) is 3.64. The smallest absolute Gasteiger partial charge is 0.129 e. The third-order valence-electron chi connectivity index (χ3n) is 2.93. The number of para-hydroxylation sites is 1. The van der Waals surface area contributed by atoms with Crippen LogP contribution in [0.5, 0.6) is 0 Å². The van der Waals surface area contributed by atoms with E-state index in [0.29, 0.717) is 6.42 Å². The van der Waals surface area contributed by atoms with Gasteiger partial charge in [-0.2, -0.15) is 0 Å². The van der Waals surface area contributed by atoms with Gasteiger partial charge in [-0.1, -0.05) is 32.0 Å². The van der Waals surface area contributed by atoms with Crippen molar-refractivity contribution in [2.24, 2.45) is 4.99 Å². The molecule has 1 aromatic carbocycles. The van der Waals surface area contributed by atoms with Crippen LogP contribution in [0.25, 0.3) is 0 Å². The van der Waals surface area contributed by atoms with E-state index >= 15 is 0 Å². The van der Waals surface area contributed by atoms with Gasteiger partial charge in [0.15, 0.2) is 0 Å². The third kappa shape index (κ3) is 1.11. The van der Waals surface area contributed by atoms with Gasteiger partial charge in [-0.25, -0.2) is 0 Å². The van der Waals surface area contributed by atoms with E-state index in [9.17, 15) is 5.11 Å². The summed E-state index contributed by atoms with van der Waals surface area (Å²) in [4.78, 5) is 4.46. The lowest BCUT2D eigenvalue weighted by atomic mass is 9.87. The van der Waals surface area contributed by atoms with Gasteiger partial charge in [-0.15, -0.1) is 0 Å². The molecule has 0 bridgehead atoms. The highest BCUT2D eigenvalue weighted by Crippen LogP contribution is 2.41. The average molecular weight is 189 g/mol. The van der Waals surface area contributed by atoms with Crippen LogP contribution in [-0.2, 0) is 5.60 Å². The van der Waals surface area contributed by atoms with Crippen molar-refractivity contribution in [3.05, 3.63) is 29.8 Å². The summed E-state index contributed by atoms with van der Waals surface area (Å²) in [7, 11) is 0. The minimum Gasteiger partial charge on any atom is -0.379 e. The van der Waals surface area contributed by atoms with Crippen LogP contribution in [0.15, 0.2) is 29.3 Å². The Morgan fingerprint density at radius 3 is 2.64 bits per heavy atom. The summed E-state index contributed by atoms with van der Waals surface area (Å²) in [5.74, 6) is 0. The molecule has 1 aliphatic heterocycles. The van der Waals surface area contributed by atoms with Crippen molar-refractivity contribution in [1.82, 2.24) is 0 Å². The Balaban J connectivity index is 2.57. The number of aliphatic hydroxyl groups is 1. The van der Waals surface area contributed by atoms with Gasteiger partial charge in [0, 0.05) is 5.56 Å². The first-order valence-electron chi connectivity index (χ1n) is 5.12. The molecule has 1 N–H and O–H groups in total. The van der Waals surface area contributed by atoms with E-state index in [1.54, 1.807) is 0 Å². The number of benzene rings is 1. The number of fused-ring (bicyclic) bond motifs is 1. The molecule has 2 rings (SSSR count). The summed E-state index contributed by atoms with van der Waals surface area (Å²) < 4.78 is 0. The summed E-state index contributed by atoms with van der Waals surface area (Å²) in [5, 5.41) is 10.5. The van der Waals surface area contributed by atoms with E-state index in [1.165, 1.54) is 0 Å². The van der Waals surface area contributed by atoms with Gasteiger partial charge < -0.3 is 5.11 Å². The Morgan fingerprint density at radius 2 is 2.00 bits per heavy atom. The Hall–Kier alpha value is -1.15. The molecule has 0 aliphatic carbocycles. The summed E-state index contributed by atoms with van der Waals surface area (Å²) in [5.41, 5.74) is 1.96. The second-order valence-corrected chi connectivity index (χ2v) is 3.64. The first-order chi connectivity index (χ1) is 6.72. The van der Waals surface area contributed by atoms with Gasteiger partial charge in [-0.3, -0.25) is 4.99 Å². The molecule has 1 unspecified atom stereocenters. The molecule has 74 valence electrons. The largest absolute Gasteiger partial charge is 0.379 e. The number of hydrogen-bond donors (Lipinski definition) is 1. The van der Waals surface area contributed by atoms with Crippen LogP contribution in [0.2, 0.25) is 0 Å². The third-order valence-corrected chi connectivity index (χ3v) is 2.93. The molecule has 0 saturated carbocycles. The maximum absolute atomic E-state index is 10.5. The summed E-state index contributed by atoms with van der Waals surface area (Å²) in [6.45, 7) is 4.03. The summed E-state index contributed by atoms with van der Waals surface area (Å²) >= 11 is 0. The monoisotopic (exact) mass is 189 g/mol. The van der Waals surface area contributed by atoms with Crippen LogP contribution in [0.3, 0.4) is 0 Å². The topological polar surface area (TPSA) is 32.6 Å². The normalized spacial score (nSPS) is 24.6. The van der Waals surface area contributed by atoms with Crippen molar-refractivity contribution in [3.8, 4) is 0 Å². The maximum Gasteiger partial charge on any atom is 0.129 e. The Bertz CT molecular complexity index is 384. The fraction of sp³-hybridized carbons (Fsp3) is 0.417. The van der Waals surface area contributed by atoms with E-state index in [4.69, 9.17) is 0 Å². The minimum atomic E-state index is -0.814. The van der Waals surface area contributed by atoms with Crippen molar-refractivity contribution in [3.63, 3.8) is 0 Å². The standard InChI is InChI=1S/C12H15NO/c1-3-11-12(14,4-2)9-7-5-6-8-10(9)13-11/h5-8,14H,3-4H2,1-2H3. The number of hydrogen-bond acceptors (Lipinski definition) is 2. The van der Waals surface area contributed by atoms with Crippen molar-refractivity contribution < 1.29 is 5.11 Å². The summed E-state index contributed by atoms with van der Waals surface area (Å²) in [6, 6.07) is 7.83. The number of rotatable bonds is 2. The molecule has 1 atom stereocenters. The second kappa shape index (κ2) is 3.21. The van der Waals surface area contributed by atoms with Crippen LogP contribution < -0.4 is 0 Å². The van der Waals surface area contributed by atoms with Crippen molar-refractivity contribution >= 4 is 11.4 Å². The predicted molar refractivity (Wildman–Crippen MR) is 58.0 cm³/mol. The number of nitrogens with zero attached hydrogens (tertiary/aromatic N) is 1. The van der Waals surface area contributed by atoms with Crippen LogP contribution in [-0.4, -0.2) is 10.8 Å². The van der Waals surface area contributed by atoms with E-state index in [-0.39, 0.29) is 0 Å². The molecular formula is C12H15NO. The molecular weight excluding hydrogens is 174 g/mol. The summed E-state index contributed by atoms with van der Waals surface area (Å²) in [6.07, 6.45) is 1.50. The van der Waals surface area contributed by atoms with Crippen molar-refractivity contribution in [2.45, 2.75) is 32.3 Å². The van der Waals surface area contributed by atoms with Crippen LogP contribution in [0.1, 0.15) is 32.3 Å². The zero-order valence-corrected chi connectivity index (χ0v) is 8.62. The van der Waals surface area contributed by atoms with Crippen molar-refractivity contribution in [1.29, 1.82) is 0 Å². The Kier molecular flexibility index (Phi) is 2.16. The molecule has 1 aromatic rings. The maximum atomic E-state index is 10.5. The van der Waals surface area contributed by atoms with E-state index in [0.717, 1.165) is 23.4 Å². The van der Waals surface area contributed by atoms with Gasteiger partial charge in [0.05, 0.1) is 11.4 Å².